The van der Waals surface area contributed by atoms with Gasteiger partial charge in [0.1, 0.15) is 5.75 Å². The van der Waals surface area contributed by atoms with Gasteiger partial charge in [-0.25, -0.2) is 0 Å². The normalized spacial score (nSPS) is 10.1. The molecule has 2 aromatic rings. The number of benzene rings is 1. The van der Waals surface area contributed by atoms with Crippen LogP contribution in [0.15, 0.2) is 30.5 Å². The van der Waals surface area contributed by atoms with E-state index in [9.17, 15) is 0 Å². The van der Waals surface area contributed by atoms with Crippen LogP contribution in [-0.4, -0.2) is 29.1 Å². The number of nitrogens with zero attached hydrogens (tertiary/aromatic N) is 2. The molecule has 5 nitrogen and oxygen atoms in total. The molecule has 1 aromatic carbocycles. The second-order valence-corrected chi connectivity index (χ2v) is 3.38. The highest BCUT2D eigenvalue weighted by Gasteiger charge is 1.96. The molecule has 0 radical (unpaired) electrons. The standard InChI is InChI=1S/C11H14N4O/c1-16-10-4-2-9(3-5-10)6-7-12-11-8-13-15-14-11/h2-5,8H,6-7H2,1H3,(H2,12,13,14,15). The summed E-state index contributed by atoms with van der Waals surface area (Å²) in [6, 6.07) is 8.05. The molecule has 16 heavy (non-hydrogen) atoms. The molecular formula is C11H14N4O. The number of hydrogen-bond acceptors (Lipinski definition) is 4. The van der Waals surface area contributed by atoms with Gasteiger partial charge in [0.25, 0.3) is 0 Å². The van der Waals surface area contributed by atoms with Crippen LogP contribution < -0.4 is 10.1 Å². The number of hydrogen-bond donors (Lipinski definition) is 2. The summed E-state index contributed by atoms with van der Waals surface area (Å²) in [4.78, 5) is 0. The Labute approximate surface area is 93.8 Å². The summed E-state index contributed by atoms with van der Waals surface area (Å²) in [7, 11) is 1.67. The topological polar surface area (TPSA) is 62.8 Å². The Bertz CT molecular complexity index is 410. The third-order valence-electron chi connectivity index (χ3n) is 2.29. The quantitative estimate of drug-likeness (QED) is 0.797. The summed E-state index contributed by atoms with van der Waals surface area (Å²) in [6.45, 7) is 0.832. The number of rotatable bonds is 5. The average Bonchev–Trinajstić information content (AvgIpc) is 2.83. The zero-order valence-corrected chi connectivity index (χ0v) is 9.10. The maximum Gasteiger partial charge on any atom is 0.168 e. The fraction of sp³-hybridized carbons (Fsp3) is 0.273. The molecule has 84 valence electrons. The maximum absolute atomic E-state index is 5.09. The van der Waals surface area contributed by atoms with E-state index in [0.717, 1.165) is 24.5 Å². The van der Waals surface area contributed by atoms with Gasteiger partial charge in [0, 0.05) is 6.54 Å². The zero-order valence-electron chi connectivity index (χ0n) is 9.10. The van der Waals surface area contributed by atoms with Gasteiger partial charge in [0.2, 0.25) is 0 Å². The number of aromatic nitrogens is 3. The minimum atomic E-state index is 0.772. The van der Waals surface area contributed by atoms with E-state index in [4.69, 9.17) is 4.74 Å². The Hall–Kier alpha value is -2.04. The zero-order chi connectivity index (χ0) is 11.2. The molecule has 0 amide bonds. The molecule has 0 atom stereocenters. The van der Waals surface area contributed by atoms with Crippen LogP contribution >= 0.6 is 0 Å². The fourth-order valence-electron chi connectivity index (χ4n) is 1.41. The van der Waals surface area contributed by atoms with Crippen molar-refractivity contribution >= 4 is 5.82 Å². The molecule has 1 heterocycles. The van der Waals surface area contributed by atoms with E-state index in [1.807, 2.05) is 12.1 Å². The SMILES string of the molecule is COc1ccc(CCNc2cn[nH]n2)cc1. The number of aromatic amines is 1. The molecule has 0 aliphatic carbocycles. The number of H-pyrrole nitrogens is 1. The van der Waals surface area contributed by atoms with E-state index in [2.05, 4.69) is 32.9 Å². The lowest BCUT2D eigenvalue weighted by Crippen LogP contribution is -2.04. The average molecular weight is 218 g/mol. The minimum Gasteiger partial charge on any atom is -0.497 e. The van der Waals surface area contributed by atoms with Gasteiger partial charge in [-0.2, -0.15) is 10.3 Å². The lowest BCUT2D eigenvalue weighted by molar-refractivity contribution is 0.414. The summed E-state index contributed by atoms with van der Waals surface area (Å²) in [5, 5.41) is 13.3. The van der Waals surface area contributed by atoms with Crippen LogP contribution in [0.5, 0.6) is 5.75 Å². The first kappa shape index (κ1) is 10.5. The monoisotopic (exact) mass is 218 g/mol. The van der Waals surface area contributed by atoms with Crippen LogP contribution in [-0.2, 0) is 6.42 Å². The van der Waals surface area contributed by atoms with Gasteiger partial charge < -0.3 is 10.1 Å². The first-order valence-electron chi connectivity index (χ1n) is 5.11. The van der Waals surface area contributed by atoms with Crippen LogP contribution in [0.1, 0.15) is 5.56 Å². The molecule has 0 fully saturated rings. The minimum absolute atomic E-state index is 0.772. The van der Waals surface area contributed by atoms with Crippen molar-refractivity contribution in [3.63, 3.8) is 0 Å². The largest absolute Gasteiger partial charge is 0.497 e. The van der Waals surface area contributed by atoms with E-state index in [-0.39, 0.29) is 0 Å². The van der Waals surface area contributed by atoms with Crippen molar-refractivity contribution in [1.29, 1.82) is 0 Å². The molecule has 2 N–H and O–H groups in total. The van der Waals surface area contributed by atoms with Crippen molar-refractivity contribution in [2.45, 2.75) is 6.42 Å². The highest BCUT2D eigenvalue weighted by molar-refractivity contribution is 5.30. The number of anilines is 1. The van der Waals surface area contributed by atoms with Crippen LogP contribution in [0.4, 0.5) is 5.82 Å². The predicted octanol–water partition coefficient (Wildman–Crippen LogP) is 1.47. The van der Waals surface area contributed by atoms with Crippen molar-refractivity contribution in [1.82, 2.24) is 15.4 Å². The smallest absolute Gasteiger partial charge is 0.168 e. The van der Waals surface area contributed by atoms with Gasteiger partial charge in [-0.05, 0) is 24.1 Å². The molecule has 0 bridgehead atoms. The molecule has 1 aromatic heterocycles. The van der Waals surface area contributed by atoms with Crippen LogP contribution in [0, 0.1) is 0 Å². The van der Waals surface area contributed by atoms with Crippen molar-refractivity contribution in [2.24, 2.45) is 0 Å². The molecule has 5 heteroatoms. The molecule has 0 unspecified atom stereocenters. The molecule has 0 spiro atoms. The van der Waals surface area contributed by atoms with Crippen molar-refractivity contribution in [3.8, 4) is 5.75 Å². The summed E-state index contributed by atoms with van der Waals surface area (Å²) in [6.07, 6.45) is 2.60. The number of ether oxygens (including phenoxy) is 1. The lowest BCUT2D eigenvalue weighted by atomic mass is 10.1. The first-order valence-corrected chi connectivity index (χ1v) is 5.11. The Morgan fingerprint density at radius 1 is 1.31 bits per heavy atom. The van der Waals surface area contributed by atoms with Gasteiger partial charge in [0.05, 0.1) is 13.3 Å². The second kappa shape index (κ2) is 5.16. The van der Waals surface area contributed by atoms with E-state index in [0.29, 0.717) is 0 Å². The fourth-order valence-corrected chi connectivity index (χ4v) is 1.41. The second-order valence-electron chi connectivity index (χ2n) is 3.38. The Morgan fingerprint density at radius 3 is 2.75 bits per heavy atom. The highest BCUT2D eigenvalue weighted by Crippen LogP contribution is 2.11. The predicted molar refractivity (Wildman–Crippen MR) is 61.6 cm³/mol. The van der Waals surface area contributed by atoms with Crippen molar-refractivity contribution in [2.75, 3.05) is 19.0 Å². The summed E-state index contributed by atoms with van der Waals surface area (Å²) >= 11 is 0. The Kier molecular flexibility index (Phi) is 3.38. The third kappa shape index (κ3) is 2.73. The van der Waals surface area contributed by atoms with Gasteiger partial charge in [-0.1, -0.05) is 12.1 Å². The highest BCUT2D eigenvalue weighted by atomic mass is 16.5. The van der Waals surface area contributed by atoms with Gasteiger partial charge in [-0.3, -0.25) is 0 Å². The first-order chi connectivity index (χ1) is 7.88. The van der Waals surface area contributed by atoms with Crippen LogP contribution in [0.2, 0.25) is 0 Å². The molecule has 0 aliphatic heterocycles. The van der Waals surface area contributed by atoms with E-state index in [1.54, 1.807) is 13.3 Å². The van der Waals surface area contributed by atoms with Gasteiger partial charge >= 0.3 is 0 Å². The van der Waals surface area contributed by atoms with E-state index in [1.165, 1.54) is 5.56 Å². The van der Waals surface area contributed by atoms with Crippen LogP contribution in [0.25, 0.3) is 0 Å². The summed E-state index contributed by atoms with van der Waals surface area (Å²) in [5.74, 6) is 1.65. The summed E-state index contributed by atoms with van der Waals surface area (Å²) in [5.41, 5.74) is 1.26. The Morgan fingerprint density at radius 2 is 2.12 bits per heavy atom. The molecule has 0 saturated heterocycles. The van der Waals surface area contributed by atoms with Crippen molar-refractivity contribution in [3.05, 3.63) is 36.0 Å². The van der Waals surface area contributed by atoms with Gasteiger partial charge in [-0.15, -0.1) is 5.10 Å². The molecular weight excluding hydrogens is 204 g/mol. The lowest BCUT2D eigenvalue weighted by Gasteiger charge is -2.04. The number of nitrogens with one attached hydrogen (secondary N) is 2. The Balaban J connectivity index is 1.81. The molecule has 0 saturated carbocycles. The van der Waals surface area contributed by atoms with E-state index >= 15 is 0 Å². The summed E-state index contributed by atoms with van der Waals surface area (Å²) < 4.78 is 5.09. The third-order valence-corrected chi connectivity index (χ3v) is 2.29. The number of methoxy groups -OCH3 is 1. The van der Waals surface area contributed by atoms with Crippen LogP contribution in [0.3, 0.4) is 0 Å². The molecule has 2 rings (SSSR count). The van der Waals surface area contributed by atoms with Crippen molar-refractivity contribution < 1.29 is 4.74 Å². The molecule has 0 aliphatic rings. The van der Waals surface area contributed by atoms with Gasteiger partial charge in [0.15, 0.2) is 5.82 Å². The maximum atomic E-state index is 5.09. The van der Waals surface area contributed by atoms with E-state index < -0.39 is 0 Å².